The van der Waals surface area contributed by atoms with E-state index < -0.39 is 25.1 Å². The number of benzene rings is 1. The van der Waals surface area contributed by atoms with Gasteiger partial charge in [-0.05, 0) is 43.5 Å². The van der Waals surface area contributed by atoms with Crippen LogP contribution in [0.25, 0.3) is 0 Å². The minimum Gasteiger partial charge on any atom is -0.283 e. The van der Waals surface area contributed by atoms with Gasteiger partial charge in [0.25, 0.3) is 0 Å². The summed E-state index contributed by atoms with van der Waals surface area (Å²) in [4.78, 5) is 0. The fraction of sp³-hybridized carbons (Fsp3) is 0.500. The van der Waals surface area contributed by atoms with Crippen LogP contribution < -0.4 is 4.72 Å². The zero-order chi connectivity index (χ0) is 15.0. The summed E-state index contributed by atoms with van der Waals surface area (Å²) in [5, 5.41) is -0.648. The van der Waals surface area contributed by atoms with E-state index in [1.807, 2.05) is 13.0 Å². The van der Waals surface area contributed by atoms with Crippen LogP contribution in [0.2, 0.25) is 0 Å². The van der Waals surface area contributed by atoms with Crippen molar-refractivity contribution in [2.24, 2.45) is 0 Å². The van der Waals surface area contributed by atoms with Crippen LogP contribution >= 0.6 is 15.9 Å². The second-order valence-electron chi connectivity index (χ2n) is 5.02. The highest BCUT2D eigenvalue weighted by Gasteiger charge is 2.32. The first kappa shape index (κ1) is 15.8. The molecule has 1 fully saturated rings. The van der Waals surface area contributed by atoms with Crippen LogP contribution in [0.5, 0.6) is 0 Å². The number of hydrogen-bond acceptors (Lipinski definition) is 4. The molecule has 0 bridgehead atoms. The maximum absolute atomic E-state index is 12.3. The summed E-state index contributed by atoms with van der Waals surface area (Å²) in [7, 11) is -6.62. The highest BCUT2D eigenvalue weighted by Crippen LogP contribution is 2.24. The van der Waals surface area contributed by atoms with Crippen LogP contribution in [0.1, 0.15) is 18.4 Å². The van der Waals surface area contributed by atoms with Gasteiger partial charge >= 0.3 is 0 Å². The smallest absolute Gasteiger partial charge is 0.235 e. The van der Waals surface area contributed by atoms with Crippen molar-refractivity contribution < 1.29 is 16.8 Å². The third-order valence-electron chi connectivity index (χ3n) is 3.24. The van der Waals surface area contributed by atoms with Gasteiger partial charge in [0, 0.05) is 10.2 Å². The quantitative estimate of drug-likeness (QED) is 0.868. The predicted molar refractivity (Wildman–Crippen MR) is 83.1 cm³/mol. The van der Waals surface area contributed by atoms with Crippen molar-refractivity contribution >= 4 is 41.5 Å². The number of rotatable bonds is 3. The fourth-order valence-electron chi connectivity index (χ4n) is 2.22. The van der Waals surface area contributed by atoms with E-state index >= 15 is 0 Å². The van der Waals surface area contributed by atoms with Crippen LogP contribution in [-0.2, 0) is 19.9 Å². The summed E-state index contributed by atoms with van der Waals surface area (Å²) in [6.07, 6.45) is 0.315. The van der Waals surface area contributed by atoms with Crippen LogP contribution in [0.4, 0.5) is 5.69 Å². The maximum Gasteiger partial charge on any atom is 0.235 e. The molecule has 8 heteroatoms. The first-order valence-corrected chi connectivity index (χ1v) is 10.3. The largest absolute Gasteiger partial charge is 0.283 e. The molecule has 0 atom stereocenters. The lowest BCUT2D eigenvalue weighted by Gasteiger charge is -2.22. The molecule has 20 heavy (non-hydrogen) atoms. The molecule has 0 spiro atoms. The number of sulfone groups is 1. The van der Waals surface area contributed by atoms with Gasteiger partial charge in [0.05, 0.1) is 16.8 Å². The monoisotopic (exact) mass is 381 g/mol. The molecule has 2 rings (SSSR count). The molecule has 1 heterocycles. The summed E-state index contributed by atoms with van der Waals surface area (Å²) in [6, 6.07) is 5.30. The normalized spacial score (nSPS) is 19.7. The predicted octanol–water partition coefficient (Wildman–Crippen LogP) is 2.08. The molecular formula is C12H16BrNO4S2. The van der Waals surface area contributed by atoms with Gasteiger partial charge in [0.2, 0.25) is 10.0 Å². The molecule has 1 N–H and O–H groups in total. The average molecular weight is 382 g/mol. The van der Waals surface area contributed by atoms with E-state index in [-0.39, 0.29) is 24.3 Å². The number of halogens is 1. The molecule has 1 aromatic rings. The Bertz CT molecular complexity index is 679. The van der Waals surface area contributed by atoms with Crippen molar-refractivity contribution in [3.63, 3.8) is 0 Å². The number of anilines is 1. The van der Waals surface area contributed by atoms with E-state index in [9.17, 15) is 16.8 Å². The first-order valence-electron chi connectivity index (χ1n) is 6.17. The van der Waals surface area contributed by atoms with Gasteiger partial charge < -0.3 is 0 Å². The van der Waals surface area contributed by atoms with Crippen LogP contribution in [-0.4, -0.2) is 33.6 Å². The van der Waals surface area contributed by atoms with Crippen molar-refractivity contribution in [1.29, 1.82) is 0 Å². The number of hydrogen-bond donors (Lipinski definition) is 1. The molecule has 5 nitrogen and oxygen atoms in total. The number of nitrogens with one attached hydrogen (secondary N) is 1. The second kappa shape index (κ2) is 5.65. The van der Waals surface area contributed by atoms with Gasteiger partial charge in [-0.3, -0.25) is 4.72 Å². The van der Waals surface area contributed by atoms with Gasteiger partial charge in [0.15, 0.2) is 0 Å². The Balaban J connectivity index is 2.15. The van der Waals surface area contributed by atoms with Crippen LogP contribution in [0.15, 0.2) is 22.7 Å². The number of aryl methyl sites for hydroxylation is 1. The van der Waals surface area contributed by atoms with Gasteiger partial charge in [0.1, 0.15) is 9.84 Å². The Kier molecular flexibility index (Phi) is 4.46. The topological polar surface area (TPSA) is 80.3 Å². The Morgan fingerprint density at radius 1 is 1.20 bits per heavy atom. The third kappa shape index (κ3) is 3.95. The van der Waals surface area contributed by atoms with Gasteiger partial charge in [-0.1, -0.05) is 15.9 Å². The lowest BCUT2D eigenvalue weighted by atomic mass is 10.2. The Morgan fingerprint density at radius 3 is 2.35 bits per heavy atom. The Hall–Kier alpha value is -0.600. The minimum absolute atomic E-state index is 0.0594. The maximum atomic E-state index is 12.3. The van der Waals surface area contributed by atoms with Crippen molar-refractivity contribution in [3.05, 3.63) is 28.2 Å². The van der Waals surface area contributed by atoms with Crippen molar-refractivity contribution in [3.8, 4) is 0 Å². The zero-order valence-corrected chi connectivity index (χ0v) is 14.2. The zero-order valence-electron chi connectivity index (χ0n) is 11.0. The van der Waals surface area contributed by atoms with E-state index in [1.165, 1.54) is 0 Å². The third-order valence-corrected chi connectivity index (χ3v) is 7.29. The van der Waals surface area contributed by atoms with Crippen molar-refractivity contribution in [2.45, 2.75) is 25.0 Å². The highest BCUT2D eigenvalue weighted by molar-refractivity contribution is 9.10. The van der Waals surface area contributed by atoms with Crippen LogP contribution in [0.3, 0.4) is 0 Å². The van der Waals surface area contributed by atoms with E-state index in [1.54, 1.807) is 12.1 Å². The molecule has 0 amide bonds. The van der Waals surface area contributed by atoms with E-state index in [4.69, 9.17) is 0 Å². The molecule has 0 radical (unpaired) electrons. The van der Waals surface area contributed by atoms with Crippen molar-refractivity contribution in [1.82, 2.24) is 0 Å². The second-order valence-corrected chi connectivity index (χ2v) is 10.2. The molecule has 1 aliphatic heterocycles. The summed E-state index contributed by atoms with van der Waals surface area (Å²) >= 11 is 3.32. The fourth-order valence-corrected chi connectivity index (χ4v) is 6.09. The summed E-state index contributed by atoms with van der Waals surface area (Å²) in [5.41, 5.74) is 1.42. The van der Waals surface area contributed by atoms with Crippen LogP contribution in [0, 0.1) is 6.92 Å². The van der Waals surface area contributed by atoms with E-state index in [0.29, 0.717) is 5.69 Å². The van der Waals surface area contributed by atoms with Crippen molar-refractivity contribution in [2.75, 3.05) is 16.2 Å². The minimum atomic E-state index is -3.56. The molecule has 1 aliphatic rings. The lowest BCUT2D eigenvalue weighted by molar-refractivity contribution is 0.555. The highest BCUT2D eigenvalue weighted by atomic mass is 79.9. The molecule has 0 saturated carbocycles. The molecule has 1 aromatic carbocycles. The first-order chi connectivity index (χ1) is 9.18. The van der Waals surface area contributed by atoms with Gasteiger partial charge in [-0.15, -0.1) is 0 Å². The van der Waals surface area contributed by atoms with E-state index in [0.717, 1.165) is 10.0 Å². The molecular weight excluding hydrogens is 366 g/mol. The summed E-state index contributed by atoms with van der Waals surface area (Å²) < 4.78 is 50.6. The lowest BCUT2D eigenvalue weighted by Crippen LogP contribution is -2.36. The number of sulfonamides is 1. The molecule has 1 saturated heterocycles. The Labute approximate surface area is 127 Å². The SMILES string of the molecule is Cc1cc(Br)cc(NS(=O)(=O)C2CCS(=O)(=O)CC2)c1. The average Bonchev–Trinajstić information content (AvgIpc) is 2.25. The standard InChI is InChI=1S/C12H16BrNO4S2/c1-9-6-10(13)8-11(7-9)14-20(17,18)12-2-4-19(15,16)5-3-12/h6-8,12,14H,2-5H2,1H3. The van der Waals surface area contributed by atoms with Gasteiger partial charge in [-0.2, -0.15) is 0 Å². The summed E-state index contributed by atoms with van der Waals surface area (Å²) in [5.74, 6) is -0.119. The van der Waals surface area contributed by atoms with Gasteiger partial charge in [-0.25, -0.2) is 16.8 Å². The molecule has 0 aliphatic carbocycles. The molecule has 112 valence electrons. The summed E-state index contributed by atoms with van der Waals surface area (Å²) in [6.45, 7) is 1.87. The van der Waals surface area contributed by atoms with E-state index in [2.05, 4.69) is 20.7 Å². The molecule has 0 aromatic heterocycles. The Morgan fingerprint density at radius 2 is 1.80 bits per heavy atom. The molecule has 0 unspecified atom stereocenters.